The molecule has 0 aromatic heterocycles. The van der Waals surface area contributed by atoms with E-state index in [1.54, 1.807) is 13.8 Å². The lowest BCUT2D eigenvalue weighted by Gasteiger charge is -2.31. The zero-order chi connectivity index (χ0) is 49.2. The molecule has 2 aliphatic heterocycles. The second kappa shape index (κ2) is 25.2. The maximum Gasteiger partial charge on any atom is 0.245 e. The second-order valence-electron chi connectivity index (χ2n) is 16.1. The maximum atomic E-state index is 14.3. The van der Waals surface area contributed by atoms with Crippen LogP contribution in [-0.2, 0) is 64.0 Å². The first-order chi connectivity index (χ1) is 31.1. The number of carbonyl (C=O) groups excluding carboxylic acids is 12. The van der Waals surface area contributed by atoms with Crippen LogP contribution in [0.2, 0.25) is 0 Å². The summed E-state index contributed by atoms with van der Waals surface area (Å²) < 4.78 is 0. The van der Waals surface area contributed by atoms with Gasteiger partial charge in [-0.2, -0.15) is 0 Å². The molecule has 25 nitrogen and oxygen atoms in total. The van der Waals surface area contributed by atoms with E-state index in [1.165, 1.54) is 31.2 Å². The van der Waals surface area contributed by atoms with Gasteiger partial charge in [-0.1, -0.05) is 32.4 Å². The van der Waals surface area contributed by atoms with Crippen molar-refractivity contribution < 1.29 is 62.6 Å². The summed E-state index contributed by atoms with van der Waals surface area (Å²) in [6, 6.07) is -4.40. The first-order valence-electron chi connectivity index (χ1n) is 21.4. The van der Waals surface area contributed by atoms with Crippen LogP contribution >= 0.6 is 0 Å². The van der Waals surface area contributed by atoms with Gasteiger partial charge in [0.25, 0.3) is 0 Å². The third-order valence-corrected chi connectivity index (χ3v) is 10.9. The largest absolute Gasteiger partial charge is 0.508 e. The first kappa shape index (κ1) is 53.0. The van der Waals surface area contributed by atoms with Crippen LogP contribution in [0.4, 0.5) is 0 Å². The minimum Gasteiger partial charge on any atom is -0.508 e. The smallest absolute Gasteiger partial charge is 0.245 e. The average molecular weight is 929 g/mol. The molecule has 15 N–H and O–H groups in total. The van der Waals surface area contributed by atoms with Crippen LogP contribution in [0.5, 0.6) is 5.75 Å². The molecule has 0 saturated carbocycles. The molecule has 0 spiro atoms. The summed E-state index contributed by atoms with van der Waals surface area (Å²) in [6.45, 7) is 3.49. The third-order valence-electron chi connectivity index (χ3n) is 10.9. The number of likely N-dealkylation sites (tertiary alicyclic amines) is 1. The summed E-state index contributed by atoms with van der Waals surface area (Å²) in [7, 11) is 0. The van der Waals surface area contributed by atoms with Gasteiger partial charge in [-0.05, 0) is 56.2 Å². The summed E-state index contributed by atoms with van der Waals surface area (Å²) in [6.07, 6.45) is -2.12. The molecule has 12 amide bonds. The van der Waals surface area contributed by atoms with Gasteiger partial charge in [0.2, 0.25) is 70.9 Å². The van der Waals surface area contributed by atoms with Crippen LogP contribution < -0.4 is 59.7 Å². The van der Waals surface area contributed by atoms with Crippen LogP contribution in [0.25, 0.3) is 0 Å². The number of benzene rings is 1. The van der Waals surface area contributed by atoms with E-state index in [4.69, 9.17) is 17.2 Å². The SMILES string of the molecule is CC[C@H](C)[C@@H]1NC(=O)[C@H](Cc2ccc(O)cc2)NC(=O)CNC(=O)CC[C@@H](C(=O)N2CCC[C@H]2C(=O)N[C@@H](C)C(=O)NCC(N)=O)NC(=O)[C@H](CC(N)=O)NC(=O)[C@H](CCC(N)=O)NC1=O. The van der Waals surface area contributed by atoms with Crippen molar-refractivity contribution >= 4 is 70.9 Å². The number of primary amides is 3. The molecule has 3 rings (SSSR count). The fourth-order valence-electron chi connectivity index (χ4n) is 7.06. The lowest BCUT2D eigenvalue weighted by molar-refractivity contribution is -0.143. The number of nitrogens with zero attached hydrogens (tertiary/aromatic N) is 1. The predicted octanol–water partition coefficient (Wildman–Crippen LogP) is -5.45. The highest BCUT2D eigenvalue weighted by molar-refractivity contribution is 5.99. The van der Waals surface area contributed by atoms with Gasteiger partial charge >= 0.3 is 0 Å². The Balaban J connectivity index is 2.04. The molecule has 66 heavy (non-hydrogen) atoms. The zero-order valence-electron chi connectivity index (χ0n) is 36.9. The molecule has 362 valence electrons. The van der Waals surface area contributed by atoms with Gasteiger partial charge in [0, 0.05) is 25.8 Å². The van der Waals surface area contributed by atoms with Crippen molar-refractivity contribution in [1.82, 2.24) is 47.4 Å². The number of amides is 12. The lowest BCUT2D eigenvalue weighted by atomic mass is 9.96. The van der Waals surface area contributed by atoms with E-state index in [9.17, 15) is 62.6 Å². The Morgan fingerprint density at radius 3 is 2.03 bits per heavy atom. The summed E-state index contributed by atoms with van der Waals surface area (Å²) in [5.74, 6) is -11.5. The highest BCUT2D eigenvalue weighted by Gasteiger charge is 2.40. The summed E-state index contributed by atoms with van der Waals surface area (Å²) >= 11 is 0. The number of hydrogen-bond donors (Lipinski definition) is 12. The number of aromatic hydroxyl groups is 1. The summed E-state index contributed by atoms with van der Waals surface area (Å²) in [5.41, 5.74) is 16.4. The van der Waals surface area contributed by atoms with Gasteiger partial charge in [0.1, 0.15) is 48.0 Å². The van der Waals surface area contributed by atoms with E-state index in [0.717, 1.165) is 4.90 Å². The molecule has 0 radical (unpaired) electrons. The zero-order valence-corrected chi connectivity index (χ0v) is 36.9. The first-order valence-corrected chi connectivity index (χ1v) is 21.4. The van der Waals surface area contributed by atoms with E-state index >= 15 is 0 Å². The molecule has 0 aliphatic carbocycles. The van der Waals surface area contributed by atoms with Crippen molar-refractivity contribution in [2.24, 2.45) is 23.1 Å². The second-order valence-corrected chi connectivity index (χ2v) is 16.1. The van der Waals surface area contributed by atoms with Crippen LogP contribution in [-0.4, -0.2) is 143 Å². The number of phenols is 1. The average Bonchev–Trinajstić information content (AvgIpc) is 3.76. The monoisotopic (exact) mass is 928 g/mol. The molecule has 2 fully saturated rings. The van der Waals surface area contributed by atoms with Gasteiger partial charge in [-0.3, -0.25) is 57.5 Å². The standard InChI is InChI=1S/C41H60N12O13/c1-4-20(2)34-40(65)49-24(11-13-29(42)55)36(61)51-27(17-30(43)56)37(62)50-25(41(66)53-15-5-6-28(53)39(64)47-21(3)35(60)46-18-31(44)57)12-14-32(58)45-19-33(59)48-26(38(63)52-34)16-22-7-9-23(54)10-8-22/h7-10,20-21,24-28,34,54H,4-6,11-19H2,1-3H3,(H2,42,55)(H2,43,56)(H2,44,57)(H,45,58)(H,46,60)(H,47,64)(H,48,59)(H,49,65)(H,50,62)(H,51,61)(H,52,63)/t20-,21-,24-,25-,26-,27-,28-,34-/m0/s1. The van der Waals surface area contributed by atoms with Crippen LogP contribution in [0.15, 0.2) is 24.3 Å². The molecule has 0 unspecified atom stereocenters. The Labute approximate surface area is 379 Å². The normalized spacial score (nSPS) is 23.5. The van der Waals surface area contributed by atoms with Gasteiger partial charge in [-0.25, -0.2) is 0 Å². The van der Waals surface area contributed by atoms with Gasteiger partial charge in [-0.15, -0.1) is 0 Å². The van der Waals surface area contributed by atoms with E-state index in [1.807, 2.05) is 0 Å². The van der Waals surface area contributed by atoms with E-state index < -0.39 is 164 Å². The highest BCUT2D eigenvalue weighted by Crippen LogP contribution is 2.21. The number of hydrogen-bond acceptors (Lipinski definition) is 13. The maximum absolute atomic E-state index is 14.3. The molecule has 8 atom stereocenters. The van der Waals surface area contributed by atoms with Gasteiger partial charge in [0.05, 0.1) is 19.5 Å². The minimum absolute atomic E-state index is 0.0167. The molecular weight excluding hydrogens is 869 g/mol. The lowest BCUT2D eigenvalue weighted by Crippen LogP contribution is -2.61. The Kier molecular flexibility index (Phi) is 20.3. The van der Waals surface area contributed by atoms with Crippen molar-refractivity contribution in [2.45, 2.75) is 121 Å². The van der Waals surface area contributed by atoms with E-state index in [0.29, 0.717) is 18.4 Å². The van der Waals surface area contributed by atoms with Crippen molar-refractivity contribution in [3.63, 3.8) is 0 Å². The molecule has 2 aliphatic rings. The molecule has 25 heteroatoms. The molecule has 1 aromatic rings. The van der Waals surface area contributed by atoms with Crippen molar-refractivity contribution in [3.05, 3.63) is 29.8 Å². The minimum atomic E-state index is -1.82. The van der Waals surface area contributed by atoms with Crippen LogP contribution in [0, 0.1) is 5.92 Å². The molecule has 1 aromatic carbocycles. The molecular formula is C41H60N12O13. The van der Waals surface area contributed by atoms with Crippen LogP contribution in [0.1, 0.15) is 77.7 Å². The molecule has 2 heterocycles. The Morgan fingerprint density at radius 2 is 1.41 bits per heavy atom. The van der Waals surface area contributed by atoms with Crippen molar-refractivity contribution in [2.75, 3.05) is 19.6 Å². The Hall–Kier alpha value is -7.34. The Morgan fingerprint density at radius 1 is 0.773 bits per heavy atom. The predicted molar refractivity (Wildman–Crippen MR) is 230 cm³/mol. The molecule has 0 bridgehead atoms. The topological polar surface area (TPSA) is 403 Å². The van der Waals surface area contributed by atoms with Crippen molar-refractivity contribution in [3.8, 4) is 5.75 Å². The van der Waals surface area contributed by atoms with Gasteiger partial charge < -0.3 is 69.7 Å². The number of rotatable bonds is 15. The summed E-state index contributed by atoms with van der Waals surface area (Å²) in [4.78, 5) is 159. The van der Waals surface area contributed by atoms with E-state index in [-0.39, 0.29) is 25.1 Å². The highest BCUT2D eigenvalue weighted by atomic mass is 16.3. The fourth-order valence-corrected chi connectivity index (χ4v) is 7.06. The number of carbonyl (C=O) groups is 12. The number of phenolic OH excluding ortho intramolecular Hbond substituents is 1. The van der Waals surface area contributed by atoms with Gasteiger partial charge in [0.15, 0.2) is 0 Å². The van der Waals surface area contributed by atoms with Crippen LogP contribution in [0.3, 0.4) is 0 Å². The van der Waals surface area contributed by atoms with E-state index in [2.05, 4.69) is 42.5 Å². The quantitative estimate of drug-likeness (QED) is 0.0783. The van der Waals surface area contributed by atoms with Crippen molar-refractivity contribution in [1.29, 1.82) is 0 Å². The summed E-state index contributed by atoms with van der Waals surface area (Å²) in [5, 5.41) is 29.3. The fraction of sp³-hybridized carbons (Fsp3) is 0.561. The number of nitrogens with two attached hydrogens (primary N) is 3. The third kappa shape index (κ3) is 16.7. The molecule has 2 saturated heterocycles. The number of nitrogens with one attached hydrogen (secondary N) is 8. The Bertz CT molecular complexity index is 2020.